The molecule has 1 aromatic heterocycles. The van der Waals surface area contributed by atoms with Gasteiger partial charge in [-0.15, -0.1) is 0 Å². The van der Waals surface area contributed by atoms with Gasteiger partial charge in [-0.25, -0.2) is 9.97 Å². The summed E-state index contributed by atoms with van der Waals surface area (Å²) in [5, 5.41) is 0.522. The largest absolute Gasteiger partial charge is 0.381 e. The summed E-state index contributed by atoms with van der Waals surface area (Å²) < 4.78 is 6.16. The zero-order chi connectivity index (χ0) is 11.5. The first kappa shape index (κ1) is 12.3. The van der Waals surface area contributed by atoms with Crippen LogP contribution < -0.4 is 0 Å². The molecule has 1 saturated heterocycles. The van der Waals surface area contributed by atoms with Crippen LogP contribution in [-0.4, -0.2) is 23.2 Å². The molecule has 0 aliphatic carbocycles. The summed E-state index contributed by atoms with van der Waals surface area (Å²) in [4.78, 5) is 8.93. The zero-order valence-electron chi connectivity index (χ0n) is 9.17. The minimum Gasteiger partial charge on any atom is -0.381 e. The van der Waals surface area contributed by atoms with Crippen molar-refractivity contribution in [2.75, 3.05) is 13.2 Å². The first-order chi connectivity index (χ1) is 7.72. The number of aromatic nitrogens is 2. The fraction of sp³-hybridized carbons (Fsp3) is 0.636. The van der Waals surface area contributed by atoms with E-state index in [9.17, 15) is 0 Å². The van der Waals surface area contributed by atoms with Gasteiger partial charge in [0.25, 0.3) is 0 Å². The van der Waals surface area contributed by atoms with E-state index in [0.717, 1.165) is 48.5 Å². The van der Waals surface area contributed by atoms with E-state index in [1.807, 2.05) is 0 Å². The summed E-state index contributed by atoms with van der Waals surface area (Å²) in [6, 6.07) is 0. The van der Waals surface area contributed by atoms with Gasteiger partial charge in [0.2, 0.25) is 0 Å². The molecule has 0 bridgehead atoms. The molecule has 0 spiro atoms. The van der Waals surface area contributed by atoms with Crippen LogP contribution in [0.1, 0.15) is 37.2 Å². The number of nitrogens with zero attached hydrogens (tertiary/aromatic N) is 2. The first-order valence-corrected chi connectivity index (χ1v) is 6.69. The summed E-state index contributed by atoms with van der Waals surface area (Å²) in [5.41, 5.74) is 0.987. The van der Waals surface area contributed by atoms with E-state index in [1.165, 1.54) is 0 Å². The maximum absolute atomic E-state index is 6.09. The molecule has 0 amide bonds. The molecule has 2 rings (SSSR count). The van der Waals surface area contributed by atoms with Gasteiger partial charge >= 0.3 is 0 Å². The maximum Gasteiger partial charge on any atom is 0.147 e. The molecule has 88 valence electrons. The zero-order valence-corrected chi connectivity index (χ0v) is 11.5. The number of hydrogen-bond acceptors (Lipinski definition) is 3. The number of ether oxygens (including phenoxy) is 1. The summed E-state index contributed by atoms with van der Waals surface area (Å²) in [5.74, 6) is 1.26. The van der Waals surface area contributed by atoms with Crippen LogP contribution in [0.3, 0.4) is 0 Å². The molecule has 0 atom stereocenters. The summed E-state index contributed by atoms with van der Waals surface area (Å²) in [7, 11) is 0. The highest BCUT2D eigenvalue weighted by Crippen LogP contribution is 2.29. The Labute approximate surface area is 109 Å². The van der Waals surface area contributed by atoms with Crippen molar-refractivity contribution < 1.29 is 4.74 Å². The minimum atomic E-state index is 0.393. The van der Waals surface area contributed by atoms with Crippen molar-refractivity contribution >= 4 is 27.5 Å². The van der Waals surface area contributed by atoms with Crippen LogP contribution in [0, 0.1) is 0 Å². The normalized spacial score (nSPS) is 17.7. The van der Waals surface area contributed by atoms with Crippen LogP contribution in [-0.2, 0) is 11.2 Å². The molecule has 5 heteroatoms. The van der Waals surface area contributed by atoms with E-state index in [1.54, 1.807) is 0 Å². The molecular formula is C11H14BrClN2O. The second-order valence-corrected chi connectivity index (χ2v) is 5.02. The van der Waals surface area contributed by atoms with Crippen LogP contribution in [0.15, 0.2) is 4.47 Å². The Morgan fingerprint density at radius 1 is 1.38 bits per heavy atom. The van der Waals surface area contributed by atoms with Crippen LogP contribution in [0.2, 0.25) is 5.15 Å². The van der Waals surface area contributed by atoms with Gasteiger partial charge in [-0.2, -0.15) is 0 Å². The summed E-state index contributed by atoms with van der Waals surface area (Å²) in [6.45, 7) is 3.66. The van der Waals surface area contributed by atoms with Gasteiger partial charge < -0.3 is 4.74 Å². The first-order valence-electron chi connectivity index (χ1n) is 5.52. The fourth-order valence-electron chi connectivity index (χ4n) is 1.85. The Hall–Kier alpha value is -0.190. The second-order valence-electron chi connectivity index (χ2n) is 3.87. The highest BCUT2D eigenvalue weighted by molar-refractivity contribution is 9.10. The number of aryl methyl sites for hydroxylation is 1. The lowest BCUT2D eigenvalue weighted by Crippen LogP contribution is -2.17. The Morgan fingerprint density at radius 2 is 2.06 bits per heavy atom. The molecule has 1 aliphatic rings. The Morgan fingerprint density at radius 3 is 2.69 bits per heavy atom. The molecule has 3 nitrogen and oxygen atoms in total. The molecular weight excluding hydrogens is 291 g/mol. The standard InChI is InChI=1S/C11H14BrClN2O/c1-2-8-9(12)10(13)15-11(14-8)7-3-5-16-6-4-7/h7H,2-6H2,1H3. The van der Waals surface area contributed by atoms with Crippen LogP contribution in [0.4, 0.5) is 0 Å². The van der Waals surface area contributed by atoms with E-state index in [-0.39, 0.29) is 0 Å². The van der Waals surface area contributed by atoms with E-state index < -0.39 is 0 Å². The van der Waals surface area contributed by atoms with Crippen molar-refractivity contribution in [2.24, 2.45) is 0 Å². The molecule has 0 aromatic carbocycles. The third-order valence-electron chi connectivity index (χ3n) is 2.82. The van der Waals surface area contributed by atoms with Crippen molar-refractivity contribution in [2.45, 2.75) is 32.1 Å². The van der Waals surface area contributed by atoms with Crippen molar-refractivity contribution in [1.82, 2.24) is 9.97 Å². The lowest BCUT2D eigenvalue weighted by molar-refractivity contribution is 0.0835. The third-order valence-corrected chi connectivity index (χ3v) is 4.15. The Balaban J connectivity index is 2.29. The molecule has 2 heterocycles. The summed E-state index contributed by atoms with van der Waals surface area (Å²) >= 11 is 9.50. The van der Waals surface area contributed by atoms with Gasteiger partial charge in [0.1, 0.15) is 11.0 Å². The van der Waals surface area contributed by atoms with Gasteiger partial charge in [0, 0.05) is 19.1 Å². The van der Waals surface area contributed by atoms with Crippen molar-refractivity contribution in [1.29, 1.82) is 0 Å². The van der Waals surface area contributed by atoms with E-state index in [2.05, 4.69) is 32.8 Å². The van der Waals surface area contributed by atoms with E-state index >= 15 is 0 Å². The number of rotatable bonds is 2. The maximum atomic E-state index is 6.09. The average Bonchev–Trinajstić information content (AvgIpc) is 2.33. The monoisotopic (exact) mass is 304 g/mol. The second kappa shape index (κ2) is 5.43. The number of hydrogen-bond donors (Lipinski definition) is 0. The van der Waals surface area contributed by atoms with Gasteiger partial charge in [-0.3, -0.25) is 0 Å². The molecule has 16 heavy (non-hydrogen) atoms. The Bertz CT molecular complexity index is 380. The number of halogens is 2. The molecule has 0 unspecified atom stereocenters. The van der Waals surface area contributed by atoms with Crippen LogP contribution >= 0.6 is 27.5 Å². The van der Waals surface area contributed by atoms with E-state index in [4.69, 9.17) is 16.3 Å². The smallest absolute Gasteiger partial charge is 0.147 e. The highest BCUT2D eigenvalue weighted by Gasteiger charge is 2.20. The van der Waals surface area contributed by atoms with Gasteiger partial charge in [-0.05, 0) is 35.2 Å². The van der Waals surface area contributed by atoms with E-state index in [0.29, 0.717) is 11.1 Å². The van der Waals surface area contributed by atoms with Gasteiger partial charge in [0.05, 0.1) is 10.2 Å². The average molecular weight is 306 g/mol. The molecule has 0 radical (unpaired) electrons. The lowest BCUT2D eigenvalue weighted by atomic mass is 9.99. The molecule has 1 aliphatic heterocycles. The van der Waals surface area contributed by atoms with Crippen molar-refractivity contribution in [3.63, 3.8) is 0 Å². The fourth-order valence-corrected chi connectivity index (χ4v) is 2.51. The SMILES string of the molecule is CCc1nc(C2CCOCC2)nc(Cl)c1Br. The topological polar surface area (TPSA) is 35.0 Å². The van der Waals surface area contributed by atoms with Gasteiger partial charge in [-0.1, -0.05) is 18.5 Å². The lowest BCUT2D eigenvalue weighted by Gasteiger charge is -2.21. The summed E-state index contributed by atoms with van der Waals surface area (Å²) in [6.07, 6.45) is 2.83. The molecule has 1 fully saturated rings. The predicted octanol–water partition coefficient (Wildman–Crippen LogP) is 3.35. The molecule has 0 N–H and O–H groups in total. The molecule has 0 saturated carbocycles. The predicted molar refractivity (Wildman–Crippen MR) is 66.9 cm³/mol. The Kier molecular flexibility index (Phi) is 4.16. The van der Waals surface area contributed by atoms with Gasteiger partial charge in [0.15, 0.2) is 0 Å². The minimum absolute atomic E-state index is 0.393. The molecule has 1 aromatic rings. The highest BCUT2D eigenvalue weighted by atomic mass is 79.9. The van der Waals surface area contributed by atoms with Crippen LogP contribution in [0.5, 0.6) is 0 Å². The quantitative estimate of drug-likeness (QED) is 0.786. The van der Waals surface area contributed by atoms with Crippen molar-refractivity contribution in [3.05, 3.63) is 21.1 Å². The van der Waals surface area contributed by atoms with Crippen LogP contribution in [0.25, 0.3) is 0 Å². The van der Waals surface area contributed by atoms with Crippen molar-refractivity contribution in [3.8, 4) is 0 Å². The third kappa shape index (κ3) is 2.55.